The van der Waals surface area contributed by atoms with Crippen molar-refractivity contribution in [3.8, 4) is 0 Å². The lowest BCUT2D eigenvalue weighted by Crippen LogP contribution is -2.37. The van der Waals surface area contributed by atoms with Crippen molar-refractivity contribution in [1.29, 1.82) is 0 Å². The van der Waals surface area contributed by atoms with Gasteiger partial charge >= 0.3 is 5.97 Å². The summed E-state index contributed by atoms with van der Waals surface area (Å²) >= 11 is 1.36. The first kappa shape index (κ1) is 15.6. The van der Waals surface area contributed by atoms with Gasteiger partial charge in [-0.25, -0.2) is 4.98 Å². The molecule has 0 aliphatic heterocycles. The molecule has 0 bridgehead atoms. The van der Waals surface area contributed by atoms with Crippen LogP contribution in [-0.4, -0.2) is 41.5 Å². The van der Waals surface area contributed by atoms with Gasteiger partial charge in [-0.3, -0.25) is 9.59 Å². The molecular formula is C13H20N2O3S. The van der Waals surface area contributed by atoms with E-state index in [0.29, 0.717) is 18.0 Å². The van der Waals surface area contributed by atoms with Crippen LogP contribution in [-0.2, 0) is 9.53 Å². The van der Waals surface area contributed by atoms with Crippen LogP contribution in [0.3, 0.4) is 0 Å². The maximum absolute atomic E-state index is 12.4. The number of hydrogen-bond donors (Lipinski definition) is 0. The molecule has 0 aliphatic rings. The van der Waals surface area contributed by atoms with Crippen LogP contribution in [0.5, 0.6) is 0 Å². The molecule has 0 N–H and O–H groups in total. The van der Waals surface area contributed by atoms with Gasteiger partial charge in [0.1, 0.15) is 11.4 Å². The average Bonchev–Trinajstić information content (AvgIpc) is 2.67. The Morgan fingerprint density at radius 2 is 2.00 bits per heavy atom. The molecule has 1 amide bonds. The van der Waals surface area contributed by atoms with Gasteiger partial charge in [-0.2, -0.15) is 0 Å². The SMILES string of the molecule is CCCN(CC(=O)OCC)C(=O)c1sc(C)nc1C. The normalized spacial score (nSPS) is 10.3. The van der Waals surface area contributed by atoms with E-state index in [0.717, 1.165) is 17.1 Å². The molecule has 106 valence electrons. The van der Waals surface area contributed by atoms with Gasteiger partial charge in [-0.1, -0.05) is 6.92 Å². The van der Waals surface area contributed by atoms with E-state index in [1.54, 1.807) is 6.92 Å². The molecule has 6 heteroatoms. The van der Waals surface area contributed by atoms with E-state index in [1.165, 1.54) is 16.2 Å². The van der Waals surface area contributed by atoms with Gasteiger partial charge in [0, 0.05) is 6.54 Å². The summed E-state index contributed by atoms with van der Waals surface area (Å²) in [6.07, 6.45) is 0.794. The Morgan fingerprint density at radius 1 is 1.32 bits per heavy atom. The number of nitrogens with zero attached hydrogens (tertiary/aromatic N) is 2. The first-order valence-corrected chi connectivity index (χ1v) is 7.20. The Labute approximate surface area is 117 Å². The number of esters is 1. The molecule has 0 saturated carbocycles. The highest BCUT2D eigenvalue weighted by Gasteiger charge is 2.22. The molecule has 1 aromatic heterocycles. The van der Waals surface area contributed by atoms with Crippen LogP contribution >= 0.6 is 11.3 Å². The van der Waals surface area contributed by atoms with Crippen molar-refractivity contribution in [1.82, 2.24) is 9.88 Å². The topological polar surface area (TPSA) is 59.5 Å². The van der Waals surface area contributed by atoms with Crippen molar-refractivity contribution in [2.24, 2.45) is 0 Å². The third-order valence-electron chi connectivity index (χ3n) is 2.50. The number of carbonyl (C=O) groups excluding carboxylic acids is 2. The van der Waals surface area contributed by atoms with Crippen molar-refractivity contribution < 1.29 is 14.3 Å². The highest BCUT2D eigenvalue weighted by Crippen LogP contribution is 2.19. The first-order chi connectivity index (χ1) is 8.99. The predicted octanol–water partition coefficient (Wildman–Crippen LogP) is 2.18. The van der Waals surface area contributed by atoms with E-state index >= 15 is 0 Å². The Balaban J connectivity index is 2.83. The van der Waals surface area contributed by atoms with Gasteiger partial charge in [0.2, 0.25) is 0 Å². The minimum atomic E-state index is -0.372. The monoisotopic (exact) mass is 284 g/mol. The summed E-state index contributed by atoms with van der Waals surface area (Å²) in [4.78, 5) is 30.3. The molecule has 5 nitrogen and oxygen atoms in total. The molecule has 1 rings (SSSR count). The van der Waals surface area contributed by atoms with Crippen LogP contribution in [0.2, 0.25) is 0 Å². The van der Waals surface area contributed by atoms with Crippen LogP contribution in [0, 0.1) is 13.8 Å². The van der Waals surface area contributed by atoms with Gasteiger partial charge in [-0.15, -0.1) is 11.3 Å². The number of carbonyl (C=O) groups is 2. The molecule has 0 radical (unpaired) electrons. The minimum absolute atomic E-state index is 0.00307. The molecule has 0 fully saturated rings. The Morgan fingerprint density at radius 3 is 2.47 bits per heavy atom. The second-order valence-electron chi connectivity index (χ2n) is 4.18. The van der Waals surface area contributed by atoms with Crippen LogP contribution < -0.4 is 0 Å². The smallest absolute Gasteiger partial charge is 0.325 e. The quantitative estimate of drug-likeness (QED) is 0.751. The Kier molecular flexibility index (Phi) is 5.95. The van der Waals surface area contributed by atoms with E-state index in [4.69, 9.17) is 4.74 Å². The number of ether oxygens (including phenoxy) is 1. The number of hydrogen-bond acceptors (Lipinski definition) is 5. The summed E-state index contributed by atoms with van der Waals surface area (Å²) < 4.78 is 4.90. The minimum Gasteiger partial charge on any atom is -0.465 e. The lowest BCUT2D eigenvalue weighted by atomic mass is 10.3. The average molecular weight is 284 g/mol. The summed E-state index contributed by atoms with van der Waals surface area (Å²) in [5, 5.41) is 0.855. The highest BCUT2D eigenvalue weighted by atomic mass is 32.1. The Bertz CT molecular complexity index is 457. The summed E-state index contributed by atoms with van der Waals surface area (Å²) in [6, 6.07) is 0. The number of thiazole rings is 1. The third-order valence-corrected chi connectivity index (χ3v) is 3.56. The van der Waals surface area contributed by atoms with Crippen LogP contribution in [0.4, 0.5) is 0 Å². The van der Waals surface area contributed by atoms with E-state index in [9.17, 15) is 9.59 Å². The van der Waals surface area contributed by atoms with Crippen LogP contribution in [0.25, 0.3) is 0 Å². The number of amides is 1. The first-order valence-electron chi connectivity index (χ1n) is 6.38. The van der Waals surface area contributed by atoms with Crippen molar-refractivity contribution in [3.05, 3.63) is 15.6 Å². The summed E-state index contributed by atoms with van der Waals surface area (Å²) in [5.41, 5.74) is 0.720. The maximum atomic E-state index is 12.4. The molecule has 1 aromatic rings. The molecule has 0 unspecified atom stereocenters. The van der Waals surface area contributed by atoms with E-state index in [1.807, 2.05) is 20.8 Å². The second kappa shape index (κ2) is 7.23. The molecular weight excluding hydrogens is 264 g/mol. The molecule has 0 aromatic carbocycles. The summed E-state index contributed by atoms with van der Waals surface area (Å²) in [5.74, 6) is -0.513. The molecule has 1 heterocycles. The fourth-order valence-corrected chi connectivity index (χ4v) is 2.65. The summed E-state index contributed by atoms with van der Waals surface area (Å²) in [7, 11) is 0. The third kappa shape index (κ3) is 4.31. The fourth-order valence-electron chi connectivity index (χ4n) is 1.76. The predicted molar refractivity (Wildman–Crippen MR) is 74.4 cm³/mol. The van der Waals surface area contributed by atoms with E-state index in [2.05, 4.69) is 4.98 Å². The van der Waals surface area contributed by atoms with Gasteiger partial charge in [0.15, 0.2) is 0 Å². The largest absolute Gasteiger partial charge is 0.465 e. The molecule has 19 heavy (non-hydrogen) atoms. The van der Waals surface area contributed by atoms with Crippen molar-refractivity contribution in [2.75, 3.05) is 19.7 Å². The zero-order valence-corrected chi connectivity index (χ0v) is 12.7. The van der Waals surface area contributed by atoms with E-state index in [-0.39, 0.29) is 18.4 Å². The van der Waals surface area contributed by atoms with Gasteiger partial charge in [0.05, 0.1) is 17.3 Å². The van der Waals surface area contributed by atoms with E-state index < -0.39 is 0 Å². The van der Waals surface area contributed by atoms with Crippen molar-refractivity contribution >= 4 is 23.2 Å². The molecule has 0 spiro atoms. The maximum Gasteiger partial charge on any atom is 0.325 e. The molecule has 0 aliphatic carbocycles. The molecule has 0 atom stereocenters. The second-order valence-corrected chi connectivity index (χ2v) is 5.38. The lowest BCUT2D eigenvalue weighted by Gasteiger charge is -2.20. The standard InChI is InChI=1S/C13H20N2O3S/c1-5-7-15(8-11(16)18-6-2)13(17)12-9(3)14-10(4)19-12/h5-8H2,1-4H3. The Hall–Kier alpha value is -1.43. The lowest BCUT2D eigenvalue weighted by molar-refractivity contribution is -0.143. The number of aryl methyl sites for hydroxylation is 2. The van der Waals surface area contributed by atoms with Gasteiger partial charge in [0.25, 0.3) is 5.91 Å². The van der Waals surface area contributed by atoms with Crippen LogP contribution in [0.1, 0.15) is 40.6 Å². The summed E-state index contributed by atoms with van der Waals surface area (Å²) in [6.45, 7) is 8.25. The van der Waals surface area contributed by atoms with Gasteiger partial charge < -0.3 is 9.64 Å². The number of rotatable bonds is 6. The van der Waals surface area contributed by atoms with Crippen LogP contribution in [0.15, 0.2) is 0 Å². The zero-order chi connectivity index (χ0) is 14.4. The highest BCUT2D eigenvalue weighted by molar-refractivity contribution is 7.13. The fraction of sp³-hybridized carbons (Fsp3) is 0.615. The number of aromatic nitrogens is 1. The molecule has 0 saturated heterocycles. The zero-order valence-electron chi connectivity index (χ0n) is 11.9. The van der Waals surface area contributed by atoms with Crippen molar-refractivity contribution in [2.45, 2.75) is 34.1 Å². The van der Waals surface area contributed by atoms with Crippen molar-refractivity contribution in [3.63, 3.8) is 0 Å². The van der Waals surface area contributed by atoms with Gasteiger partial charge in [-0.05, 0) is 27.2 Å².